The lowest BCUT2D eigenvalue weighted by molar-refractivity contribution is -0.136. The molecule has 0 bridgehead atoms. The maximum atomic E-state index is 12.7. The summed E-state index contributed by atoms with van der Waals surface area (Å²) < 4.78 is 2.31. The van der Waals surface area contributed by atoms with E-state index >= 15 is 0 Å². The summed E-state index contributed by atoms with van der Waals surface area (Å²) >= 11 is 3.42. The molecule has 0 aliphatic heterocycles. The van der Waals surface area contributed by atoms with E-state index in [1.54, 1.807) is 24.3 Å². The monoisotopic (exact) mass is 386 g/mol. The second-order valence-electron chi connectivity index (χ2n) is 5.60. The number of nitrogens with zero attached hydrogens (tertiary/aromatic N) is 2. The molecule has 0 aliphatic carbocycles. The fourth-order valence-electron chi connectivity index (χ4n) is 2.68. The third-order valence-corrected chi connectivity index (χ3v) is 4.38. The van der Waals surface area contributed by atoms with Gasteiger partial charge in [0.1, 0.15) is 0 Å². The molecule has 0 fully saturated rings. The zero-order valence-electron chi connectivity index (χ0n) is 13.0. The van der Waals surface area contributed by atoms with Crippen LogP contribution in [0.4, 0.5) is 0 Å². The standard InChI is InChI=1S/C18H15BrN2O3/c1-11-8-13(19)7-6-12(11)10-21-18(24)15-5-3-2-4-14(15)16(20-21)9-17(22)23/h2-8H,9-10H2,1H3,(H,22,23). The van der Waals surface area contributed by atoms with Gasteiger partial charge in [0.2, 0.25) is 0 Å². The fourth-order valence-corrected chi connectivity index (χ4v) is 3.16. The number of hydrogen-bond donors (Lipinski definition) is 1. The number of hydrogen-bond acceptors (Lipinski definition) is 3. The van der Waals surface area contributed by atoms with E-state index in [2.05, 4.69) is 21.0 Å². The SMILES string of the molecule is Cc1cc(Br)ccc1Cn1nc(CC(=O)O)c2ccccc2c1=O. The Bertz CT molecular complexity index is 995. The van der Waals surface area contributed by atoms with Crippen molar-refractivity contribution >= 4 is 32.7 Å². The number of rotatable bonds is 4. The first-order chi connectivity index (χ1) is 11.5. The van der Waals surface area contributed by atoms with Gasteiger partial charge in [-0.1, -0.05) is 40.2 Å². The van der Waals surface area contributed by atoms with Gasteiger partial charge < -0.3 is 5.11 Å². The molecule has 24 heavy (non-hydrogen) atoms. The lowest BCUT2D eigenvalue weighted by Crippen LogP contribution is -2.26. The minimum absolute atomic E-state index is 0.220. The van der Waals surface area contributed by atoms with Crippen LogP contribution in [0.2, 0.25) is 0 Å². The average Bonchev–Trinajstić information content (AvgIpc) is 2.54. The van der Waals surface area contributed by atoms with Crippen molar-refractivity contribution in [3.05, 3.63) is 74.1 Å². The van der Waals surface area contributed by atoms with E-state index in [4.69, 9.17) is 5.11 Å². The van der Waals surface area contributed by atoms with Crippen molar-refractivity contribution in [2.45, 2.75) is 19.9 Å². The van der Waals surface area contributed by atoms with E-state index in [0.29, 0.717) is 23.0 Å². The van der Waals surface area contributed by atoms with E-state index in [9.17, 15) is 9.59 Å². The molecule has 3 rings (SSSR count). The quantitative estimate of drug-likeness (QED) is 0.747. The van der Waals surface area contributed by atoms with Crippen LogP contribution in [-0.4, -0.2) is 20.9 Å². The van der Waals surface area contributed by atoms with E-state index < -0.39 is 5.97 Å². The lowest BCUT2D eigenvalue weighted by atomic mass is 10.1. The number of halogens is 1. The van der Waals surface area contributed by atoms with Crippen molar-refractivity contribution in [1.82, 2.24) is 9.78 Å². The zero-order valence-corrected chi connectivity index (χ0v) is 14.6. The van der Waals surface area contributed by atoms with Crippen LogP contribution in [0.1, 0.15) is 16.8 Å². The smallest absolute Gasteiger partial charge is 0.309 e. The third-order valence-electron chi connectivity index (χ3n) is 3.89. The van der Waals surface area contributed by atoms with Crippen molar-refractivity contribution < 1.29 is 9.90 Å². The normalized spacial score (nSPS) is 10.9. The summed E-state index contributed by atoms with van der Waals surface area (Å²) in [6, 6.07) is 12.8. The predicted molar refractivity (Wildman–Crippen MR) is 95.3 cm³/mol. The number of carboxylic acids is 1. The topological polar surface area (TPSA) is 72.2 Å². The average molecular weight is 387 g/mol. The third kappa shape index (κ3) is 3.23. The van der Waals surface area contributed by atoms with Gasteiger partial charge >= 0.3 is 5.97 Å². The Kier molecular flexibility index (Phi) is 4.49. The van der Waals surface area contributed by atoms with E-state index in [1.807, 2.05) is 25.1 Å². The minimum atomic E-state index is -0.974. The Labute approximate surface area is 146 Å². The number of carbonyl (C=O) groups is 1. The molecule has 0 unspecified atom stereocenters. The molecule has 0 amide bonds. The fraction of sp³-hybridized carbons (Fsp3) is 0.167. The predicted octanol–water partition coefficient (Wildman–Crippen LogP) is 3.14. The van der Waals surface area contributed by atoms with Gasteiger partial charge in [-0.3, -0.25) is 9.59 Å². The molecule has 3 aromatic rings. The highest BCUT2D eigenvalue weighted by Gasteiger charge is 2.13. The van der Waals surface area contributed by atoms with Crippen LogP contribution in [0.15, 0.2) is 51.7 Å². The number of fused-ring (bicyclic) bond motifs is 1. The molecule has 122 valence electrons. The highest BCUT2D eigenvalue weighted by atomic mass is 79.9. The largest absolute Gasteiger partial charge is 0.481 e. The van der Waals surface area contributed by atoms with Gasteiger partial charge in [0.05, 0.1) is 24.0 Å². The molecule has 5 nitrogen and oxygen atoms in total. The molecule has 0 aliphatic rings. The van der Waals surface area contributed by atoms with Crippen molar-refractivity contribution in [3.63, 3.8) is 0 Å². The van der Waals surface area contributed by atoms with Crippen LogP contribution in [0.25, 0.3) is 10.8 Å². The summed E-state index contributed by atoms with van der Waals surface area (Å²) in [5.74, 6) is -0.974. The second kappa shape index (κ2) is 6.57. The Balaban J connectivity index is 2.15. The van der Waals surface area contributed by atoms with Crippen LogP contribution in [0.3, 0.4) is 0 Å². The summed E-state index contributed by atoms with van der Waals surface area (Å²) in [6.45, 7) is 2.26. The highest BCUT2D eigenvalue weighted by molar-refractivity contribution is 9.10. The van der Waals surface area contributed by atoms with Crippen LogP contribution in [0, 0.1) is 6.92 Å². The Morgan fingerprint density at radius 2 is 1.92 bits per heavy atom. The molecule has 1 heterocycles. The molecule has 0 spiro atoms. The number of carboxylic acid groups (broad SMARTS) is 1. The summed E-state index contributed by atoms with van der Waals surface area (Å²) in [5.41, 5.74) is 2.17. The molecular formula is C18H15BrN2O3. The van der Waals surface area contributed by atoms with Crippen LogP contribution in [0.5, 0.6) is 0 Å². The maximum Gasteiger partial charge on any atom is 0.309 e. The number of aliphatic carboxylic acids is 1. The van der Waals surface area contributed by atoms with Gasteiger partial charge in [-0.15, -0.1) is 0 Å². The van der Waals surface area contributed by atoms with Crippen molar-refractivity contribution in [2.24, 2.45) is 0 Å². The maximum absolute atomic E-state index is 12.7. The van der Waals surface area contributed by atoms with Gasteiger partial charge in [-0.05, 0) is 36.2 Å². The molecule has 6 heteroatoms. The zero-order chi connectivity index (χ0) is 17.3. The van der Waals surface area contributed by atoms with E-state index in [-0.39, 0.29) is 12.0 Å². The first-order valence-electron chi connectivity index (χ1n) is 7.41. The first-order valence-corrected chi connectivity index (χ1v) is 8.20. The molecule has 1 aromatic heterocycles. The lowest BCUT2D eigenvalue weighted by Gasteiger charge is -2.12. The van der Waals surface area contributed by atoms with Gasteiger partial charge in [-0.25, -0.2) is 4.68 Å². The first kappa shape index (κ1) is 16.4. The summed E-state index contributed by atoms with van der Waals surface area (Å²) in [6.07, 6.45) is -0.222. The number of benzene rings is 2. The van der Waals surface area contributed by atoms with Crippen LogP contribution >= 0.6 is 15.9 Å². The van der Waals surface area contributed by atoms with Gasteiger partial charge in [0.25, 0.3) is 5.56 Å². The molecule has 0 saturated heterocycles. The van der Waals surface area contributed by atoms with E-state index in [1.165, 1.54) is 4.68 Å². The number of aryl methyl sites for hydroxylation is 1. The van der Waals surface area contributed by atoms with Crippen molar-refractivity contribution in [2.75, 3.05) is 0 Å². The van der Waals surface area contributed by atoms with Crippen LogP contribution < -0.4 is 5.56 Å². The van der Waals surface area contributed by atoms with Crippen molar-refractivity contribution in [3.8, 4) is 0 Å². The van der Waals surface area contributed by atoms with Crippen molar-refractivity contribution in [1.29, 1.82) is 0 Å². The Morgan fingerprint density at radius 3 is 2.58 bits per heavy atom. The molecule has 2 aromatic carbocycles. The summed E-state index contributed by atoms with van der Waals surface area (Å²) in [4.78, 5) is 23.8. The molecule has 0 radical (unpaired) electrons. The van der Waals surface area contributed by atoms with Gasteiger partial charge in [-0.2, -0.15) is 5.10 Å². The van der Waals surface area contributed by atoms with E-state index in [0.717, 1.165) is 15.6 Å². The molecular weight excluding hydrogens is 372 g/mol. The Morgan fingerprint density at radius 1 is 1.21 bits per heavy atom. The summed E-state index contributed by atoms with van der Waals surface area (Å²) in [7, 11) is 0. The highest BCUT2D eigenvalue weighted by Crippen LogP contribution is 2.18. The number of aromatic nitrogens is 2. The Hall–Kier alpha value is -2.47. The van der Waals surface area contributed by atoms with Gasteiger partial charge in [0.15, 0.2) is 0 Å². The summed E-state index contributed by atoms with van der Waals surface area (Å²) in [5, 5.41) is 14.5. The minimum Gasteiger partial charge on any atom is -0.481 e. The second-order valence-corrected chi connectivity index (χ2v) is 6.51. The molecule has 0 atom stereocenters. The van der Waals surface area contributed by atoms with Crippen LogP contribution in [-0.2, 0) is 17.8 Å². The molecule has 0 saturated carbocycles. The molecule has 1 N–H and O–H groups in total. The van der Waals surface area contributed by atoms with Gasteiger partial charge in [0, 0.05) is 9.86 Å².